The first kappa shape index (κ1) is 30.0. The molecule has 0 aliphatic heterocycles. The maximum atomic E-state index is 6.04. The molecule has 39 heavy (non-hydrogen) atoms. The lowest BCUT2D eigenvalue weighted by molar-refractivity contribution is 0.388. The van der Waals surface area contributed by atoms with E-state index in [1.54, 1.807) is 28.4 Å². The van der Waals surface area contributed by atoms with Gasteiger partial charge < -0.3 is 28.7 Å². The topological polar surface area (TPSA) is 43.4 Å². The van der Waals surface area contributed by atoms with Crippen LogP contribution in [0.1, 0.15) is 56.7 Å². The van der Waals surface area contributed by atoms with Crippen LogP contribution < -0.4 is 28.7 Å². The van der Waals surface area contributed by atoms with Gasteiger partial charge >= 0.3 is 0 Å². The van der Waals surface area contributed by atoms with Gasteiger partial charge in [0, 0.05) is 55.4 Å². The lowest BCUT2D eigenvalue weighted by Gasteiger charge is -2.29. The molecule has 3 aromatic carbocycles. The third kappa shape index (κ3) is 6.73. The minimum atomic E-state index is -0.0191. The van der Waals surface area contributed by atoms with E-state index >= 15 is 0 Å². The smallest absolute Gasteiger partial charge is 0.142 e. The van der Waals surface area contributed by atoms with E-state index in [9.17, 15) is 0 Å². The molecule has 0 aromatic heterocycles. The molecular weight excluding hydrogens is 488 g/mol. The summed E-state index contributed by atoms with van der Waals surface area (Å²) in [5, 5.41) is 0. The molecule has 0 saturated heterocycles. The SMILES string of the molecule is CCN(CC)c1cc(OC)c(C(CCc2ccccc2)c2cc(OC)c(N(CC)CC)cc2OC)cc1OC. The van der Waals surface area contributed by atoms with E-state index in [2.05, 4.69) is 92.1 Å². The van der Waals surface area contributed by atoms with Crippen molar-refractivity contribution in [3.05, 3.63) is 71.3 Å². The maximum absolute atomic E-state index is 6.04. The van der Waals surface area contributed by atoms with Gasteiger partial charge in [0.1, 0.15) is 23.0 Å². The summed E-state index contributed by atoms with van der Waals surface area (Å²) in [5.74, 6) is 3.33. The van der Waals surface area contributed by atoms with E-state index in [-0.39, 0.29) is 5.92 Å². The van der Waals surface area contributed by atoms with Gasteiger partial charge in [-0.05, 0) is 58.2 Å². The highest BCUT2D eigenvalue weighted by Gasteiger charge is 2.27. The van der Waals surface area contributed by atoms with Gasteiger partial charge in [-0.15, -0.1) is 0 Å². The molecule has 0 fully saturated rings. The summed E-state index contributed by atoms with van der Waals surface area (Å²) in [4.78, 5) is 4.57. The number of methoxy groups -OCH3 is 4. The van der Waals surface area contributed by atoms with Crippen molar-refractivity contribution in [2.24, 2.45) is 0 Å². The van der Waals surface area contributed by atoms with Crippen LogP contribution in [0.25, 0.3) is 0 Å². The Hall–Kier alpha value is -3.54. The Morgan fingerprint density at radius 2 is 0.974 bits per heavy atom. The number of ether oxygens (including phenoxy) is 4. The quantitative estimate of drug-likeness (QED) is 0.206. The van der Waals surface area contributed by atoms with Crippen LogP contribution in [0.3, 0.4) is 0 Å². The number of hydrogen-bond donors (Lipinski definition) is 0. The standard InChI is InChI=1S/C33H46N2O4/c1-9-34(10-2)28-22-30(36-5)26(20-32(28)38-7)25(19-18-24-16-14-13-15-17-24)27-21-33(39-8)29(23-31(27)37-6)35(11-3)12-4/h13-17,20-23,25H,9-12,18-19H2,1-8H3. The molecule has 0 N–H and O–H groups in total. The number of benzene rings is 3. The van der Waals surface area contributed by atoms with Crippen LogP contribution in [0.15, 0.2) is 54.6 Å². The summed E-state index contributed by atoms with van der Waals surface area (Å²) in [6, 6.07) is 19.1. The lowest BCUT2D eigenvalue weighted by atomic mass is 9.84. The Morgan fingerprint density at radius 1 is 0.564 bits per heavy atom. The van der Waals surface area contributed by atoms with Crippen LogP contribution in [0, 0.1) is 0 Å². The zero-order valence-electron chi connectivity index (χ0n) is 25.0. The molecule has 0 saturated carbocycles. The Morgan fingerprint density at radius 3 is 1.33 bits per heavy atom. The van der Waals surface area contributed by atoms with Crippen molar-refractivity contribution in [3.63, 3.8) is 0 Å². The first-order chi connectivity index (χ1) is 19.0. The molecule has 0 aliphatic carbocycles. The molecule has 6 heteroatoms. The second-order valence-electron chi connectivity index (χ2n) is 9.45. The fourth-order valence-corrected chi connectivity index (χ4v) is 5.41. The molecule has 212 valence electrons. The highest BCUT2D eigenvalue weighted by Crippen LogP contribution is 2.47. The van der Waals surface area contributed by atoms with Crippen LogP contribution in [0.4, 0.5) is 11.4 Å². The van der Waals surface area contributed by atoms with Crippen molar-refractivity contribution in [2.75, 3.05) is 64.4 Å². The highest BCUT2D eigenvalue weighted by molar-refractivity contribution is 5.68. The van der Waals surface area contributed by atoms with Gasteiger partial charge in [0.05, 0.1) is 39.8 Å². The van der Waals surface area contributed by atoms with Crippen LogP contribution in [-0.4, -0.2) is 54.6 Å². The van der Waals surface area contributed by atoms with Gasteiger partial charge in [-0.3, -0.25) is 0 Å². The lowest BCUT2D eigenvalue weighted by Crippen LogP contribution is -2.23. The summed E-state index contributed by atoms with van der Waals surface area (Å²) in [6.07, 6.45) is 1.76. The molecule has 0 radical (unpaired) electrons. The molecule has 0 atom stereocenters. The van der Waals surface area contributed by atoms with Gasteiger partial charge in [-0.25, -0.2) is 0 Å². The zero-order valence-corrected chi connectivity index (χ0v) is 25.0. The second-order valence-corrected chi connectivity index (χ2v) is 9.45. The van der Waals surface area contributed by atoms with Gasteiger partial charge in [0.15, 0.2) is 0 Å². The number of aryl methyl sites for hydroxylation is 1. The van der Waals surface area contributed by atoms with Crippen molar-refractivity contribution in [1.29, 1.82) is 0 Å². The van der Waals surface area contributed by atoms with E-state index in [0.29, 0.717) is 0 Å². The summed E-state index contributed by atoms with van der Waals surface area (Å²) >= 11 is 0. The van der Waals surface area contributed by atoms with Gasteiger partial charge in [-0.1, -0.05) is 30.3 Å². The summed E-state index contributed by atoms with van der Waals surface area (Å²) in [5.41, 5.74) is 5.49. The fraction of sp³-hybridized carbons (Fsp3) is 0.455. The number of rotatable bonds is 15. The van der Waals surface area contributed by atoms with Crippen molar-refractivity contribution < 1.29 is 18.9 Å². The fourth-order valence-electron chi connectivity index (χ4n) is 5.41. The molecule has 0 aliphatic rings. The predicted molar refractivity (Wildman–Crippen MR) is 163 cm³/mol. The number of nitrogens with zero attached hydrogens (tertiary/aromatic N) is 2. The van der Waals surface area contributed by atoms with E-state index in [1.807, 2.05) is 0 Å². The van der Waals surface area contributed by atoms with Crippen molar-refractivity contribution >= 4 is 11.4 Å². The first-order valence-electron chi connectivity index (χ1n) is 14.0. The number of anilines is 2. The molecule has 6 nitrogen and oxygen atoms in total. The van der Waals surface area contributed by atoms with Gasteiger partial charge in [0.25, 0.3) is 0 Å². The van der Waals surface area contributed by atoms with Crippen molar-refractivity contribution in [2.45, 2.75) is 46.5 Å². The Balaban J connectivity index is 2.25. The van der Waals surface area contributed by atoms with E-state index in [4.69, 9.17) is 18.9 Å². The monoisotopic (exact) mass is 534 g/mol. The maximum Gasteiger partial charge on any atom is 0.142 e. The molecule has 0 spiro atoms. The highest BCUT2D eigenvalue weighted by atomic mass is 16.5. The Kier molecular flexibility index (Phi) is 11.2. The molecular formula is C33H46N2O4. The van der Waals surface area contributed by atoms with Crippen LogP contribution in [-0.2, 0) is 6.42 Å². The summed E-state index contributed by atoms with van der Waals surface area (Å²) in [7, 11) is 6.96. The Bertz CT molecular complexity index is 1100. The minimum Gasteiger partial charge on any atom is -0.496 e. The van der Waals surface area contributed by atoms with Crippen molar-refractivity contribution in [3.8, 4) is 23.0 Å². The van der Waals surface area contributed by atoms with Gasteiger partial charge in [0.2, 0.25) is 0 Å². The average molecular weight is 535 g/mol. The third-order valence-electron chi connectivity index (χ3n) is 7.59. The molecule has 0 amide bonds. The second kappa shape index (κ2) is 14.6. The average Bonchev–Trinajstić information content (AvgIpc) is 2.99. The molecule has 0 bridgehead atoms. The van der Waals surface area contributed by atoms with Gasteiger partial charge in [-0.2, -0.15) is 0 Å². The van der Waals surface area contributed by atoms with Crippen LogP contribution >= 0.6 is 0 Å². The normalized spacial score (nSPS) is 10.9. The van der Waals surface area contributed by atoms with E-state index < -0.39 is 0 Å². The molecule has 0 heterocycles. The van der Waals surface area contributed by atoms with Crippen molar-refractivity contribution in [1.82, 2.24) is 0 Å². The Labute approximate surface area is 235 Å². The summed E-state index contributed by atoms with van der Waals surface area (Å²) < 4.78 is 24.0. The first-order valence-corrected chi connectivity index (χ1v) is 14.0. The minimum absolute atomic E-state index is 0.0191. The number of hydrogen-bond acceptors (Lipinski definition) is 6. The van der Waals surface area contributed by atoms with E-state index in [0.717, 1.165) is 84.5 Å². The molecule has 3 aromatic rings. The van der Waals surface area contributed by atoms with Crippen LogP contribution in [0.2, 0.25) is 0 Å². The summed E-state index contributed by atoms with van der Waals surface area (Å²) in [6.45, 7) is 12.1. The third-order valence-corrected chi connectivity index (χ3v) is 7.59. The predicted octanol–water partition coefficient (Wildman–Crippen LogP) is 7.18. The zero-order chi connectivity index (χ0) is 28.4. The molecule has 0 unspecified atom stereocenters. The molecule has 3 rings (SSSR count). The largest absolute Gasteiger partial charge is 0.496 e. The van der Waals surface area contributed by atoms with E-state index in [1.165, 1.54) is 5.56 Å². The van der Waals surface area contributed by atoms with Crippen LogP contribution in [0.5, 0.6) is 23.0 Å².